The zero-order chi connectivity index (χ0) is 19.8. The van der Waals surface area contributed by atoms with Gasteiger partial charge in [0, 0.05) is 18.7 Å². The van der Waals surface area contributed by atoms with Gasteiger partial charge in [-0.2, -0.15) is 10.1 Å². The fraction of sp³-hybridized carbons (Fsp3) is 0.278. The van der Waals surface area contributed by atoms with Gasteiger partial charge in [0.2, 0.25) is 0 Å². The Balaban J connectivity index is 1.40. The second-order valence-electron chi connectivity index (χ2n) is 6.45. The van der Waals surface area contributed by atoms with Gasteiger partial charge in [0.1, 0.15) is 22.9 Å². The molecule has 4 rings (SSSR count). The summed E-state index contributed by atoms with van der Waals surface area (Å²) in [4.78, 5) is 17.9. The number of rotatable bonds is 3. The van der Waals surface area contributed by atoms with Gasteiger partial charge in [0.05, 0.1) is 19.1 Å². The van der Waals surface area contributed by atoms with Crippen LogP contribution in [0.1, 0.15) is 18.0 Å². The second kappa shape index (κ2) is 7.31. The second-order valence-corrected chi connectivity index (χ2v) is 6.83. The number of hydrogen-bond acceptors (Lipinski definition) is 4. The number of ether oxygens (including phenoxy) is 1. The molecule has 2 aromatic rings. The van der Waals surface area contributed by atoms with Crippen LogP contribution < -0.4 is 4.74 Å². The Morgan fingerprint density at radius 1 is 1.14 bits per heavy atom. The van der Waals surface area contributed by atoms with Crippen LogP contribution in [-0.4, -0.2) is 46.3 Å². The van der Waals surface area contributed by atoms with Crippen molar-refractivity contribution in [3.8, 4) is 5.88 Å². The summed E-state index contributed by atoms with van der Waals surface area (Å²) in [5.41, 5.74) is 0.321. The highest BCUT2D eigenvalue weighted by atomic mass is 35.5. The molecule has 0 N–H and O–H groups in total. The van der Waals surface area contributed by atoms with Crippen LogP contribution in [0.5, 0.6) is 5.88 Å². The van der Waals surface area contributed by atoms with Crippen molar-refractivity contribution in [3.63, 3.8) is 0 Å². The number of aromatic nitrogens is 1. The molecule has 1 unspecified atom stereocenters. The summed E-state index contributed by atoms with van der Waals surface area (Å²) in [6, 6.07) is 4.56. The van der Waals surface area contributed by atoms with Crippen molar-refractivity contribution in [2.75, 3.05) is 13.1 Å². The Kier molecular flexibility index (Phi) is 4.84. The molecule has 2 aliphatic heterocycles. The van der Waals surface area contributed by atoms with E-state index in [1.807, 2.05) is 0 Å². The van der Waals surface area contributed by atoms with Crippen LogP contribution in [0.3, 0.4) is 0 Å². The van der Waals surface area contributed by atoms with E-state index >= 15 is 0 Å². The van der Waals surface area contributed by atoms with E-state index in [2.05, 4.69) is 10.1 Å². The molecule has 3 heterocycles. The molecule has 0 aliphatic carbocycles. The average Bonchev–Trinajstić information content (AvgIpc) is 3.09. The van der Waals surface area contributed by atoms with Crippen LogP contribution in [0, 0.1) is 17.5 Å². The Morgan fingerprint density at radius 2 is 1.86 bits per heavy atom. The first kappa shape index (κ1) is 18.5. The molecule has 0 radical (unpaired) electrons. The van der Waals surface area contributed by atoms with Crippen LogP contribution >= 0.6 is 11.6 Å². The van der Waals surface area contributed by atoms with Crippen molar-refractivity contribution in [2.24, 2.45) is 5.10 Å². The predicted molar refractivity (Wildman–Crippen MR) is 94.6 cm³/mol. The highest BCUT2D eigenvalue weighted by Crippen LogP contribution is 2.31. The molecule has 10 heteroatoms. The highest BCUT2D eigenvalue weighted by Gasteiger charge is 2.39. The molecule has 28 heavy (non-hydrogen) atoms. The van der Waals surface area contributed by atoms with E-state index in [4.69, 9.17) is 16.3 Å². The maximum absolute atomic E-state index is 13.7. The topological polar surface area (TPSA) is 58.0 Å². The zero-order valence-electron chi connectivity index (χ0n) is 14.4. The first-order chi connectivity index (χ1) is 13.4. The molecule has 146 valence electrons. The number of hydrazone groups is 1. The summed E-state index contributed by atoms with van der Waals surface area (Å²) in [6.45, 7) is 0.394. The van der Waals surface area contributed by atoms with Gasteiger partial charge in [0.15, 0.2) is 5.82 Å². The number of amides is 2. The summed E-state index contributed by atoms with van der Waals surface area (Å²) in [7, 11) is 0. The van der Waals surface area contributed by atoms with E-state index in [-0.39, 0.29) is 24.1 Å². The SMILES string of the molecule is O=C(N1CC(Oc2nc(Cl)ccc2F)C1)N1N=CCC1c1cc(F)cc(F)c1. The van der Waals surface area contributed by atoms with Crippen LogP contribution in [0.4, 0.5) is 18.0 Å². The summed E-state index contributed by atoms with van der Waals surface area (Å²) < 4.78 is 46.1. The van der Waals surface area contributed by atoms with Crippen LogP contribution in [0.2, 0.25) is 5.15 Å². The standard InChI is InChI=1S/C18H14ClF3N4O2/c19-16-2-1-14(22)17(24-16)28-13-8-25(9-13)18(27)26-15(3-4-23-26)10-5-11(20)7-12(21)6-10/h1-2,4-7,13,15H,3,8-9H2. The molecular formula is C18H14ClF3N4O2. The lowest BCUT2D eigenvalue weighted by Gasteiger charge is -2.40. The molecule has 1 aromatic heterocycles. The molecule has 6 nitrogen and oxygen atoms in total. The summed E-state index contributed by atoms with van der Waals surface area (Å²) in [6.07, 6.45) is 1.42. The maximum Gasteiger partial charge on any atom is 0.341 e. The lowest BCUT2D eigenvalue weighted by molar-refractivity contribution is 0.0230. The van der Waals surface area contributed by atoms with Crippen LogP contribution in [0.15, 0.2) is 35.4 Å². The van der Waals surface area contributed by atoms with Gasteiger partial charge in [-0.1, -0.05) is 11.6 Å². The molecular weight excluding hydrogens is 397 g/mol. The third-order valence-electron chi connectivity index (χ3n) is 4.47. The molecule has 0 spiro atoms. The largest absolute Gasteiger partial charge is 0.468 e. The number of pyridine rings is 1. The lowest BCUT2D eigenvalue weighted by Crippen LogP contribution is -2.59. The van der Waals surface area contributed by atoms with Gasteiger partial charge < -0.3 is 9.64 Å². The van der Waals surface area contributed by atoms with Crippen molar-refractivity contribution in [2.45, 2.75) is 18.6 Å². The predicted octanol–water partition coefficient (Wildman–Crippen LogP) is 3.77. The van der Waals surface area contributed by atoms with Gasteiger partial charge in [-0.3, -0.25) is 0 Å². The van der Waals surface area contributed by atoms with Crippen molar-refractivity contribution in [1.29, 1.82) is 0 Å². The van der Waals surface area contributed by atoms with E-state index < -0.39 is 35.6 Å². The molecule has 1 aromatic carbocycles. The fourth-order valence-corrected chi connectivity index (χ4v) is 3.24. The van der Waals surface area contributed by atoms with Gasteiger partial charge in [0.25, 0.3) is 5.88 Å². The quantitative estimate of drug-likeness (QED) is 0.724. The Morgan fingerprint density at radius 3 is 2.57 bits per heavy atom. The number of likely N-dealkylation sites (tertiary alicyclic amines) is 1. The number of hydrogen-bond donors (Lipinski definition) is 0. The average molecular weight is 411 g/mol. The van der Waals surface area contributed by atoms with E-state index in [0.29, 0.717) is 12.0 Å². The van der Waals surface area contributed by atoms with Crippen molar-refractivity contribution in [3.05, 3.63) is 58.5 Å². The first-order valence-electron chi connectivity index (χ1n) is 8.46. The van der Waals surface area contributed by atoms with Crippen molar-refractivity contribution in [1.82, 2.24) is 14.9 Å². The minimum atomic E-state index is -0.720. The zero-order valence-corrected chi connectivity index (χ0v) is 15.1. The minimum absolute atomic E-state index is 0.0974. The Hall–Kier alpha value is -2.81. The van der Waals surface area contributed by atoms with E-state index in [1.54, 1.807) is 0 Å². The minimum Gasteiger partial charge on any atom is -0.468 e. The number of urea groups is 1. The number of benzene rings is 1. The Labute approximate surface area is 163 Å². The van der Waals surface area contributed by atoms with Crippen LogP contribution in [-0.2, 0) is 0 Å². The van der Waals surface area contributed by atoms with Crippen LogP contribution in [0.25, 0.3) is 0 Å². The molecule has 0 bridgehead atoms. The third kappa shape index (κ3) is 3.62. The molecule has 2 amide bonds. The van der Waals surface area contributed by atoms with Crippen molar-refractivity contribution < 1.29 is 22.7 Å². The summed E-state index contributed by atoms with van der Waals surface area (Å²) >= 11 is 5.72. The van der Waals surface area contributed by atoms with Gasteiger partial charge in [-0.05, 0) is 29.8 Å². The monoisotopic (exact) mass is 410 g/mol. The van der Waals surface area contributed by atoms with Gasteiger partial charge in [-0.15, -0.1) is 0 Å². The molecule has 1 fully saturated rings. The van der Waals surface area contributed by atoms with E-state index in [1.165, 1.54) is 34.3 Å². The molecule has 1 saturated heterocycles. The maximum atomic E-state index is 13.7. The number of nitrogens with zero attached hydrogens (tertiary/aromatic N) is 4. The van der Waals surface area contributed by atoms with E-state index in [0.717, 1.165) is 12.1 Å². The van der Waals surface area contributed by atoms with Gasteiger partial charge >= 0.3 is 6.03 Å². The summed E-state index contributed by atoms with van der Waals surface area (Å²) in [5.74, 6) is -2.31. The number of carbonyl (C=O) groups is 1. The fourth-order valence-electron chi connectivity index (χ4n) is 3.10. The third-order valence-corrected chi connectivity index (χ3v) is 4.68. The molecule has 2 aliphatic rings. The smallest absolute Gasteiger partial charge is 0.341 e. The molecule has 1 atom stereocenters. The normalized spacial score (nSPS) is 19.1. The molecule has 0 saturated carbocycles. The lowest BCUT2D eigenvalue weighted by atomic mass is 10.0. The summed E-state index contributed by atoms with van der Waals surface area (Å²) in [5, 5.41) is 5.31. The first-order valence-corrected chi connectivity index (χ1v) is 8.84. The Bertz CT molecular complexity index is 932. The highest BCUT2D eigenvalue weighted by molar-refractivity contribution is 6.29. The number of carbonyl (C=O) groups excluding carboxylic acids is 1. The number of halogens is 4. The van der Waals surface area contributed by atoms with Crippen molar-refractivity contribution >= 4 is 23.8 Å². The van der Waals surface area contributed by atoms with Gasteiger partial charge in [-0.25, -0.2) is 23.0 Å². The van der Waals surface area contributed by atoms with E-state index in [9.17, 15) is 18.0 Å².